The van der Waals surface area contributed by atoms with Crippen LogP contribution < -0.4 is 10.1 Å². The third kappa shape index (κ3) is 4.19. The predicted molar refractivity (Wildman–Crippen MR) is 87.1 cm³/mol. The first-order valence-corrected chi connectivity index (χ1v) is 8.69. The van der Waals surface area contributed by atoms with Gasteiger partial charge in [0.1, 0.15) is 11.4 Å². The van der Waals surface area contributed by atoms with Crippen molar-refractivity contribution in [3.8, 4) is 5.75 Å². The second kappa shape index (κ2) is 6.66. The van der Waals surface area contributed by atoms with Gasteiger partial charge in [-0.3, -0.25) is 10.1 Å². The molecule has 23 heavy (non-hydrogen) atoms. The van der Waals surface area contributed by atoms with E-state index in [9.17, 15) is 18.5 Å². The maximum atomic E-state index is 11.5. The molecule has 0 bridgehead atoms. The highest BCUT2D eigenvalue weighted by Gasteiger charge is 2.18. The summed E-state index contributed by atoms with van der Waals surface area (Å²) in [5, 5.41) is 14.1. The van der Waals surface area contributed by atoms with E-state index in [4.69, 9.17) is 4.74 Å². The molecule has 0 atom stereocenters. The molecule has 0 unspecified atom stereocenters. The van der Waals surface area contributed by atoms with Crippen molar-refractivity contribution >= 4 is 26.9 Å². The fourth-order valence-corrected chi connectivity index (χ4v) is 2.60. The Bertz CT molecular complexity index is 816. The van der Waals surface area contributed by atoms with Crippen molar-refractivity contribution in [1.82, 2.24) is 0 Å². The zero-order valence-electron chi connectivity index (χ0n) is 12.6. The van der Waals surface area contributed by atoms with Crippen molar-refractivity contribution in [3.63, 3.8) is 0 Å². The van der Waals surface area contributed by atoms with Crippen molar-refractivity contribution in [2.45, 2.75) is 11.8 Å². The molecule has 2 aromatic carbocycles. The SMILES string of the molecule is CCOc1ccc(Nc2ccc(S(C)(=O)=O)cc2[N+](=O)[O-])cc1. The summed E-state index contributed by atoms with van der Waals surface area (Å²) < 4.78 is 28.4. The Hall–Kier alpha value is -2.61. The van der Waals surface area contributed by atoms with Gasteiger partial charge in [-0.25, -0.2) is 8.42 Å². The molecule has 0 aliphatic carbocycles. The van der Waals surface area contributed by atoms with Gasteiger partial charge in [0.25, 0.3) is 5.69 Å². The maximum Gasteiger partial charge on any atom is 0.293 e. The number of nitrogens with one attached hydrogen (secondary N) is 1. The Labute approximate surface area is 134 Å². The van der Waals surface area contributed by atoms with Gasteiger partial charge in [0.05, 0.1) is 16.4 Å². The number of nitro groups is 1. The van der Waals surface area contributed by atoms with Gasteiger partial charge in [0, 0.05) is 18.0 Å². The molecule has 0 aliphatic rings. The van der Waals surface area contributed by atoms with E-state index in [2.05, 4.69) is 5.32 Å². The summed E-state index contributed by atoms with van der Waals surface area (Å²) in [4.78, 5) is 10.5. The standard InChI is InChI=1S/C15H16N2O5S/c1-3-22-12-6-4-11(5-7-12)16-14-9-8-13(23(2,20)21)10-15(14)17(18)19/h4-10,16H,3H2,1-2H3. The number of hydrogen-bond donors (Lipinski definition) is 1. The van der Waals surface area contributed by atoms with Gasteiger partial charge in [0.2, 0.25) is 0 Å². The van der Waals surface area contributed by atoms with Crippen LogP contribution in [0.1, 0.15) is 6.92 Å². The molecule has 0 saturated heterocycles. The number of hydrogen-bond acceptors (Lipinski definition) is 6. The molecule has 0 heterocycles. The molecule has 122 valence electrons. The molecule has 0 amide bonds. The topological polar surface area (TPSA) is 98.5 Å². The Kier molecular flexibility index (Phi) is 4.85. The molecule has 8 heteroatoms. The number of nitro benzene ring substituents is 1. The van der Waals surface area contributed by atoms with Crippen molar-refractivity contribution in [2.24, 2.45) is 0 Å². The summed E-state index contributed by atoms with van der Waals surface area (Å²) in [6.07, 6.45) is 1.01. The van der Waals surface area contributed by atoms with E-state index in [-0.39, 0.29) is 16.3 Å². The largest absolute Gasteiger partial charge is 0.494 e. The van der Waals surface area contributed by atoms with Crippen molar-refractivity contribution in [1.29, 1.82) is 0 Å². The van der Waals surface area contributed by atoms with Crippen LogP contribution in [-0.4, -0.2) is 26.2 Å². The number of ether oxygens (including phenoxy) is 1. The summed E-state index contributed by atoms with van der Waals surface area (Å²) in [5.74, 6) is 0.694. The van der Waals surface area contributed by atoms with Crippen molar-refractivity contribution in [3.05, 3.63) is 52.6 Å². The molecular formula is C15H16N2O5S. The summed E-state index contributed by atoms with van der Waals surface area (Å²) >= 11 is 0. The molecule has 0 aliphatic heterocycles. The van der Waals surface area contributed by atoms with Crippen molar-refractivity contribution in [2.75, 3.05) is 18.2 Å². The van der Waals surface area contributed by atoms with E-state index in [0.29, 0.717) is 18.0 Å². The first-order valence-electron chi connectivity index (χ1n) is 6.79. The number of nitrogens with zero attached hydrogens (tertiary/aromatic N) is 1. The number of anilines is 2. The van der Waals surface area contributed by atoms with E-state index in [1.165, 1.54) is 12.1 Å². The number of sulfone groups is 1. The lowest BCUT2D eigenvalue weighted by atomic mass is 10.2. The lowest BCUT2D eigenvalue weighted by molar-refractivity contribution is -0.384. The van der Waals surface area contributed by atoms with E-state index in [1.807, 2.05) is 6.92 Å². The van der Waals surface area contributed by atoms with Gasteiger partial charge >= 0.3 is 0 Å². The molecule has 0 saturated carbocycles. The first kappa shape index (κ1) is 16.8. The van der Waals surface area contributed by atoms with Gasteiger partial charge in [-0.15, -0.1) is 0 Å². The quantitative estimate of drug-likeness (QED) is 0.643. The van der Waals surface area contributed by atoms with Crippen LogP contribution in [0.2, 0.25) is 0 Å². The molecule has 0 aromatic heterocycles. The molecule has 7 nitrogen and oxygen atoms in total. The second-order valence-electron chi connectivity index (χ2n) is 4.79. The molecule has 1 N–H and O–H groups in total. The van der Waals surface area contributed by atoms with Crippen LogP contribution in [0.3, 0.4) is 0 Å². The van der Waals surface area contributed by atoms with Gasteiger partial charge in [0.15, 0.2) is 9.84 Å². The Balaban J connectivity index is 2.33. The summed E-state index contributed by atoms with van der Waals surface area (Å²) in [6.45, 7) is 2.42. The van der Waals surface area contributed by atoms with E-state index >= 15 is 0 Å². The normalized spacial score (nSPS) is 11.0. The minimum atomic E-state index is -3.51. The average Bonchev–Trinajstić information content (AvgIpc) is 2.48. The van der Waals surface area contributed by atoms with Gasteiger partial charge in [-0.05, 0) is 43.3 Å². The highest BCUT2D eigenvalue weighted by atomic mass is 32.2. The van der Waals surface area contributed by atoms with Crippen LogP contribution in [0.25, 0.3) is 0 Å². The van der Waals surface area contributed by atoms with Gasteiger partial charge in [-0.2, -0.15) is 0 Å². The van der Waals surface area contributed by atoms with E-state index in [0.717, 1.165) is 12.3 Å². The molecule has 2 aromatic rings. The fourth-order valence-electron chi connectivity index (χ4n) is 1.96. The third-order valence-corrected chi connectivity index (χ3v) is 4.15. The minimum absolute atomic E-state index is 0.0959. The van der Waals surface area contributed by atoms with E-state index < -0.39 is 14.8 Å². The highest BCUT2D eigenvalue weighted by molar-refractivity contribution is 7.90. The predicted octanol–water partition coefficient (Wildman–Crippen LogP) is 3.14. The zero-order chi connectivity index (χ0) is 17.0. The lowest BCUT2D eigenvalue weighted by Crippen LogP contribution is -2.02. The zero-order valence-corrected chi connectivity index (χ0v) is 13.5. The van der Waals surface area contributed by atoms with Crippen LogP contribution in [0.15, 0.2) is 47.4 Å². The molecule has 0 radical (unpaired) electrons. The number of rotatable bonds is 6. The number of benzene rings is 2. The van der Waals surface area contributed by atoms with Gasteiger partial charge < -0.3 is 10.1 Å². The fraction of sp³-hybridized carbons (Fsp3) is 0.200. The smallest absolute Gasteiger partial charge is 0.293 e. The Morgan fingerprint density at radius 3 is 2.35 bits per heavy atom. The molecule has 0 spiro atoms. The van der Waals surface area contributed by atoms with Gasteiger partial charge in [-0.1, -0.05) is 0 Å². The lowest BCUT2D eigenvalue weighted by Gasteiger charge is -2.09. The Morgan fingerprint density at radius 1 is 1.17 bits per heavy atom. The van der Waals surface area contributed by atoms with Crippen LogP contribution in [0, 0.1) is 10.1 Å². The molecule has 2 rings (SSSR count). The Morgan fingerprint density at radius 2 is 1.83 bits per heavy atom. The molecule has 0 fully saturated rings. The highest BCUT2D eigenvalue weighted by Crippen LogP contribution is 2.30. The minimum Gasteiger partial charge on any atom is -0.494 e. The third-order valence-electron chi connectivity index (χ3n) is 3.04. The monoisotopic (exact) mass is 336 g/mol. The summed E-state index contributed by atoms with van der Waals surface area (Å²) in [7, 11) is -3.51. The first-order chi connectivity index (χ1) is 10.8. The summed E-state index contributed by atoms with van der Waals surface area (Å²) in [5.41, 5.74) is 0.539. The summed E-state index contributed by atoms with van der Waals surface area (Å²) in [6, 6.07) is 10.7. The maximum absolute atomic E-state index is 11.5. The van der Waals surface area contributed by atoms with E-state index in [1.54, 1.807) is 24.3 Å². The molecular weight excluding hydrogens is 320 g/mol. The van der Waals surface area contributed by atoms with Crippen LogP contribution in [-0.2, 0) is 9.84 Å². The average molecular weight is 336 g/mol. The van der Waals surface area contributed by atoms with Crippen molar-refractivity contribution < 1.29 is 18.1 Å². The van der Waals surface area contributed by atoms with Crippen LogP contribution >= 0.6 is 0 Å². The van der Waals surface area contributed by atoms with Crippen LogP contribution in [0.4, 0.5) is 17.1 Å². The van der Waals surface area contributed by atoms with Crippen LogP contribution in [0.5, 0.6) is 5.75 Å². The second-order valence-corrected chi connectivity index (χ2v) is 6.81.